The molecule has 0 unspecified atom stereocenters. The molecule has 0 aliphatic rings. The summed E-state index contributed by atoms with van der Waals surface area (Å²) >= 11 is 1.64. The topological polar surface area (TPSA) is 56.7 Å². The van der Waals surface area contributed by atoms with Crippen molar-refractivity contribution >= 4 is 17.2 Å². The zero-order valence-electron chi connectivity index (χ0n) is 11.7. The molecule has 5 heteroatoms. The van der Waals surface area contributed by atoms with Gasteiger partial charge in [-0.25, -0.2) is 4.98 Å². The first-order valence-electron chi connectivity index (χ1n) is 6.39. The van der Waals surface area contributed by atoms with E-state index in [1.54, 1.807) is 16.0 Å². The first kappa shape index (κ1) is 12.9. The molecule has 102 valence electrons. The molecule has 2 aromatic heterocycles. The van der Waals surface area contributed by atoms with Crippen LogP contribution in [0.1, 0.15) is 10.6 Å². The molecule has 0 aliphatic carbocycles. The molecule has 0 fully saturated rings. The van der Waals surface area contributed by atoms with Gasteiger partial charge in [-0.05, 0) is 25.0 Å². The molecule has 20 heavy (non-hydrogen) atoms. The molecule has 0 bridgehead atoms. The van der Waals surface area contributed by atoms with Crippen molar-refractivity contribution in [3.05, 3.63) is 41.0 Å². The SMILES string of the molecule is Cc1ncc(-c2nn(C)c(N)c2-c2ccccc2C)s1. The maximum atomic E-state index is 6.23. The van der Waals surface area contributed by atoms with E-state index in [9.17, 15) is 0 Å². The average molecular weight is 284 g/mol. The molecule has 0 aliphatic heterocycles. The Kier molecular flexibility index (Phi) is 3.06. The van der Waals surface area contributed by atoms with Crippen LogP contribution >= 0.6 is 11.3 Å². The second kappa shape index (κ2) is 4.76. The normalized spacial score (nSPS) is 10.9. The fourth-order valence-electron chi connectivity index (χ4n) is 2.30. The molecule has 1 aromatic carbocycles. The van der Waals surface area contributed by atoms with E-state index in [0.29, 0.717) is 5.82 Å². The van der Waals surface area contributed by atoms with Crippen LogP contribution < -0.4 is 5.73 Å². The van der Waals surface area contributed by atoms with Crippen molar-refractivity contribution in [2.75, 3.05) is 5.73 Å². The molecule has 3 rings (SSSR count). The van der Waals surface area contributed by atoms with Crippen LogP contribution in [0, 0.1) is 13.8 Å². The van der Waals surface area contributed by atoms with Crippen LogP contribution in [0.2, 0.25) is 0 Å². The van der Waals surface area contributed by atoms with Gasteiger partial charge >= 0.3 is 0 Å². The lowest BCUT2D eigenvalue weighted by atomic mass is 10.00. The zero-order chi connectivity index (χ0) is 14.3. The summed E-state index contributed by atoms with van der Waals surface area (Å²) in [5, 5.41) is 5.60. The number of hydrogen-bond donors (Lipinski definition) is 1. The molecule has 0 radical (unpaired) electrons. The van der Waals surface area contributed by atoms with Gasteiger partial charge in [0.25, 0.3) is 0 Å². The van der Waals surface area contributed by atoms with Gasteiger partial charge in [0.15, 0.2) is 0 Å². The number of rotatable bonds is 2. The highest BCUT2D eigenvalue weighted by Gasteiger charge is 2.19. The van der Waals surface area contributed by atoms with E-state index in [0.717, 1.165) is 26.7 Å². The second-order valence-electron chi connectivity index (χ2n) is 4.79. The minimum Gasteiger partial charge on any atom is -0.383 e. The lowest BCUT2D eigenvalue weighted by molar-refractivity contribution is 0.783. The highest BCUT2D eigenvalue weighted by Crippen LogP contribution is 2.39. The summed E-state index contributed by atoms with van der Waals surface area (Å²) in [5.41, 5.74) is 10.4. The Morgan fingerprint density at radius 3 is 2.60 bits per heavy atom. The van der Waals surface area contributed by atoms with Gasteiger partial charge in [-0.2, -0.15) is 5.10 Å². The molecular weight excluding hydrogens is 268 g/mol. The van der Waals surface area contributed by atoms with E-state index < -0.39 is 0 Å². The predicted molar refractivity (Wildman–Crippen MR) is 83.6 cm³/mol. The third-order valence-electron chi connectivity index (χ3n) is 3.36. The first-order valence-corrected chi connectivity index (χ1v) is 7.21. The number of benzene rings is 1. The summed E-state index contributed by atoms with van der Waals surface area (Å²) in [7, 11) is 1.87. The van der Waals surface area contributed by atoms with Crippen molar-refractivity contribution in [2.45, 2.75) is 13.8 Å². The molecule has 0 saturated carbocycles. The monoisotopic (exact) mass is 284 g/mol. The third-order valence-corrected chi connectivity index (χ3v) is 4.28. The maximum absolute atomic E-state index is 6.23. The van der Waals surface area contributed by atoms with Crippen molar-refractivity contribution in [1.82, 2.24) is 14.8 Å². The molecule has 4 nitrogen and oxygen atoms in total. The Hall–Kier alpha value is -2.14. The lowest BCUT2D eigenvalue weighted by Gasteiger charge is -2.06. The number of thiazole rings is 1. The van der Waals surface area contributed by atoms with Crippen LogP contribution in [-0.2, 0) is 7.05 Å². The summed E-state index contributed by atoms with van der Waals surface area (Å²) in [4.78, 5) is 5.37. The van der Waals surface area contributed by atoms with Gasteiger partial charge in [0.1, 0.15) is 11.5 Å². The van der Waals surface area contributed by atoms with Gasteiger partial charge in [0.2, 0.25) is 0 Å². The van der Waals surface area contributed by atoms with Gasteiger partial charge in [0.05, 0.1) is 15.4 Å². The van der Waals surface area contributed by atoms with Gasteiger partial charge in [-0.1, -0.05) is 24.3 Å². The minimum atomic E-state index is 0.681. The molecule has 0 amide bonds. The average Bonchev–Trinajstić information content (AvgIpc) is 2.96. The van der Waals surface area contributed by atoms with E-state index in [1.165, 1.54) is 5.56 Å². The van der Waals surface area contributed by atoms with Gasteiger partial charge in [-0.3, -0.25) is 4.68 Å². The van der Waals surface area contributed by atoms with Crippen LogP contribution in [0.15, 0.2) is 30.5 Å². The van der Waals surface area contributed by atoms with E-state index in [-0.39, 0.29) is 0 Å². The fourth-order valence-corrected chi connectivity index (χ4v) is 3.07. The zero-order valence-corrected chi connectivity index (χ0v) is 12.5. The smallest absolute Gasteiger partial charge is 0.129 e. The lowest BCUT2D eigenvalue weighted by Crippen LogP contribution is -1.98. The highest BCUT2D eigenvalue weighted by atomic mass is 32.1. The molecular formula is C15H16N4S. The maximum Gasteiger partial charge on any atom is 0.129 e. The second-order valence-corrected chi connectivity index (χ2v) is 6.03. The quantitative estimate of drug-likeness (QED) is 0.784. The van der Waals surface area contributed by atoms with Crippen molar-refractivity contribution < 1.29 is 0 Å². The predicted octanol–water partition coefficient (Wildman–Crippen LogP) is 3.41. The van der Waals surface area contributed by atoms with Crippen LogP contribution in [-0.4, -0.2) is 14.8 Å². The number of nitrogens with two attached hydrogens (primary N) is 1. The third kappa shape index (κ3) is 2.00. The number of nitrogens with zero attached hydrogens (tertiary/aromatic N) is 3. The van der Waals surface area contributed by atoms with Crippen LogP contribution in [0.3, 0.4) is 0 Å². The number of aromatic nitrogens is 3. The van der Waals surface area contributed by atoms with Crippen molar-refractivity contribution in [1.29, 1.82) is 0 Å². The van der Waals surface area contributed by atoms with Gasteiger partial charge in [0, 0.05) is 13.2 Å². The molecule has 2 heterocycles. The van der Waals surface area contributed by atoms with E-state index in [4.69, 9.17) is 5.73 Å². The molecule has 2 N–H and O–H groups in total. The number of nitrogen functional groups attached to an aromatic ring is 1. The minimum absolute atomic E-state index is 0.681. The Labute approximate surface area is 121 Å². The summed E-state index contributed by atoms with van der Waals surface area (Å²) < 4.78 is 1.73. The highest BCUT2D eigenvalue weighted by molar-refractivity contribution is 7.15. The summed E-state index contributed by atoms with van der Waals surface area (Å²) in [6.45, 7) is 4.08. The molecule has 0 saturated heterocycles. The first-order chi connectivity index (χ1) is 9.58. The van der Waals surface area contributed by atoms with Gasteiger partial charge < -0.3 is 5.73 Å². The number of anilines is 1. The fraction of sp³-hybridized carbons (Fsp3) is 0.200. The van der Waals surface area contributed by atoms with Gasteiger partial charge in [-0.15, -0.1) is 11.3 Å². The molecule has 0 atom stereocenters. The Bertz CT molecular complexity index is 770. The van der Waals surface area contributed by atoms with Crippen molar-refractivity contribution in [2.24, 2.45) is 7.05 Å². The molecule has 0 spiro atoms. The largest absolute Gasteiger partial charge is 0.383 e. The standard InChI is InChI=1S/C15H16N4S/c1-9-6-4-5-7-11(9)13-14(18-19(3)15(13)16)12-8-17-10(2)20-12/h4-8H,16H2,1-3H3. The van der Waals surface area contributed by atoms with Crippen LogP contribution in [0.4, 0.5) is 5.82 Å². The van der Waals surface area contributed by atoms with E-state index in [2.05, 4.69) is 29.1 Å². The van der Waals surface area contributed by atoms with E-state index >= 15 is 0 Å². The van der Waals surface area contributed by atoms with Crippen molar-refractivity contribution in [3.8, 4) is 21.7 Å². The summed E-state index contributed by atoms with van der Waals surface area (Å²) in [6.07, 6.45) is 1.86. The number of aryl methyl sites for hydroxylation is 3. The number of hydrogen-bond acceptors (Lipinski definition) is 4. The summed E-state index contributed by atoms with van der Waals surface area (Å²) in [5.74, 6) is 0.681. The van der Waals surface area contributed by atoms with E-state index in [1.807, 2.05) is 32.3 Å². The Morgan fingerprint density at radius 2 is 1.95 bits per heavy atom. The molecule has 3 aromatic rings. The Balaban J connectivity index is 2.28. The summed E-state index contributed by atoms with van der Waals surface area (Å²) in [6, 6.07) is 8.22. The van der Waals surface area contributed by atoms with Crippen LogP contribution in [0.5, 0.6) is 0 Å². The Morgan fingerprint density at radius 1 is 1.20 bits per heavy atom. The van der Waals surface area contributed by atoms with Crippen molar-refractivity contribution in [3.63, 3.8) is 0 Å². The van der Waals surface area contributed by atoms with Crippen LogP contribution in [0.25, 0.3) is 21.7 Å².